The molecule has 2 aromatic rings. The van der Waals surface area contributed by atoms with Crippen molar-refractivity contribution in [2.75, 3.05) is 20.2 Å². The quantitative estimate of drug-likeness (QED) is 0.753. The van der Waals surface area contributed by atoms with E-state index in [1.807, 2.05) is 54.6 Å². The molecule has 2 aromatic carbocycles. The highest BCUT2D eigenvalue weighted by Crippen LogP contribution is 2.13. The molecule has 2 rings (SSSR count). The number of hydrogen-bond acceptors (Lipinski definition) is 3. The molecule has 0 saturated carbocycles. The van der Waals surface area contributed by atoms with Crippen LogP contribution in [0.4, 0.5) is 0 Å². The fourth-order valence-corrected chi connectivity index (χ4v) is 2.61. The Balaban J connectivity index is 1.76. The Hall–Kier alpha value is -2.82. The summed E-state index contributed by atoms with van der Waals surface area (Å²) in [7, 11) is 1.62. The highest BCUT2D eigenvalue weighted by Gasteiger charge is 2.12. The van der Waals surface area contributed by atoms with Crippen LogP contribution in [0.2, 0.25) is 0 Å². The average molecular weight is 354 g/mol. The molecule has 0 aliphatic heterocycles. The van der Waals surface area contributed by atoms with Crippen LogP contribution in [-0.4, -0.2) is 36.9 Å². The van der Waals surface area contributed by atoms with Crippen molar-refractivity contribution in [3.8, 4) is 5.75 Å². The lowest BCUT2D eigenvalue weighted by molar-refractivity contribution is -0.130. The summed E-state index contributed by atoms with van der Waals surface area (Å²) in [6, 6.07) is 17.6. The van der Waals surface area contributed by atoms with Gasteiger partial charge in [0.15, 0.2) is 0 Å². The van der Waals surface area contributed by atoms with Crippen molar-refractivity contribution in [1.82, 2.24) is 10.2 Å². The molecule has 0 heterocycles. The molecule has 0 bridgehead atoms. The lowest BCUT2D eigenvalue weighted by atomic mass is 10.1. The molecule has 1 N–H and O–H groups in total. The molecular formula is C21H26N2O3. The predicted octanol–water partition coefficient (Wildman–Crippen LogP) is 2.79. The number of benzene rings is 2. The van der Waals surface area contributed by atoms with Crippen molar-refractivity contribution < 1.29 is 14.3 Å². The first-order valence-electron chi connectivity index (χ1n) is 8.77. The average Bonchev–Trinajstić information content (AvgIpc) is 2.66. The van der Waals surface area contributed by atoms with E-state index in [1.54, 1.807) is 12.0 Å². The second-order valence-electron chi connectivity index (χ2n) is 6.12. The fourth-order valence-electron chi connectivity index (χ4n) is 2.61. The van der Waals surface area contributed by atoms with Gasteiger partial charge in [0.1, 0.15) is 5.75 Å². The third-order valence-corrected chi connectivity index (χ3v) is 4.17. The van der Waals surface area contributed by atoms with Gasteiger partial charge in [-0.15, -0.1) is 0 Å². The molecule has 2 amide bonds. The van der Waals surface area contributed by atoms with Crippen LogP contribution in [0.1, 0.15) is 24.5 Å². The number of nitrogens with one attached hydrogen (secondary N) is 1. The zero-order valence-corrected chi connectivity index (χ0v) is 15.4. The number of nitrogens with zero attached hydrogens (tertiary/aromatic N) is 1. The summed E-state index contributed by atoms with van der Waals surface area (Å²) in [5.41, 5.74) is 2.20. The minimum absolute atomic E-state index is 0.0399. The molecule has 5 heteroatoms. The van der Waals surface area contributed by atoms with Gasteiger partial charge in [0, 0.05) is 33.0 Å². The van der Waals surface area contributed by atoms with Gasteiger partial charge in [0.05, 0.1) is 7.11 Å². The zero-order chi connectivity index (χ0) is 18.8. The van der Waals surface area contributed by atoms with Crippen molar-refractivity contribution in [1.29, 1.82) is 0 Å². The lowest BCUT2D eigenvalue weighted by Crippen LogP contribution is -2.34. The maximum Gasteiger partial charge on any atom is 0.221 e. The van der Waals surface area contributed by atoms with E-state index in [2.05, 4.69) is 5.32 Å². The van der Waals surface area contributed by atoms with Crippen LogP contribution >= 0.6 is 0 Å². The van der Waals surface area contributed by atoms with Crippen LogP contribution < -0.4 is 10.1 Å². The van der Waals surface area contributed by atoms with Gasteiger partial charge in [-0.3, -0.25) is 9.59 Å². The van der Waals surface area contributed by atoms with Crippen LogP contribution in [0.5, 0.6) is 5.75 Å². The van der Waals surface area contributed by atoms with Crippen molar-refractivity contribution >= 4 is 11.8 Å². The molecule has 26 heavy (non-hydrogen) atoms. The molecule has 0 atom stereocenters. The monoisotopic (exact) mass is 354 g/mol. The smallest absolute Gasteiger partial charge is 0.221 e. The van der Waals surface area contributed by atoms with Gasteiger partial charge in [-0.1, -0.05) is 42.5 Å². The van der Waals surface area contributed by atoms with Crippen LogP contribution in [0, 0.1) is 0 Å². The van der Waals surface area contributed by atoms with Gasteiger partial charge >= 0.3 is 0 Å². The minimum Gasteiger partial charge on any atom is -0.497 e. The summed E-state index contributed by atoms with van der Waals surface area (Å²) in [6.07, 6.45) is 1.10. The molecule has 0 radical (unpaired) electrons. The van der Waals surface area contributed by atoms with E-state index in [-0.39, 0.29) is 11.8 Å². The van der Waals surface area contributed by atoms with Gasteiger partial charge in [0.2, 0.25) is 11.8 Å². The maximum atomic E-state index is 12.0. The maximum absolute atomic E-state index is 12.0. The number of hydrogen-bond donors (Lipinski definition) is 1. The van der Waals surface area contributed by atoms with E-state index in [9.17, 15) is 9.59 Å². The second kappa shape index (κ2) is 10.2. The van der Waals surface area contributed by atoms with E-state index >= 15 is 0 Å². The summed E-state index contributed by atoms with van der Waals surface area (Å²) in [4.78, 5) is 25.6. The highest BCUT2D eigenvalue weighted by atomic mass is 16.5. The molecule has 0 aliphatic carbocycles. The first-order valence-corrected chi connectivity index (χ1v) is 8.77. The molecule has 5 nitrogen and oxygen atoms in total. The SMILES string of the molecule is COc1ccc(CN(CCC(=O)NCCc2ccccc2)C(C)=O)cc1. The first kappa shape index (κ1) is 19.5. The Labute approximate surface area is 155 Å². The molecule has 0 spiro atoms. The van der Waals surface area contributed by atoms with Gasteiger partial charge in [0.25, 0.3) is 0 Å². The van der Waals surface area contributed by atoms with E-state index in [4.69, 9.17) is 4.74 Å². The Kier molecular flexibility index (Phi) is 7.68. The van der Waals surface area contributed by atoms with Gasteiger partial charge in [-0.05, 0) is 29.7 Å². The van der Waals surface area contributed by atoms with Gasteiger partial charge in [-0.25, -0.2) is 0 Å². The number of rotatable bonds is 9. The summed E-state index contributed by atoms with van der Waals surface area (Å²) in [6.45, 7) is 3.01. The number of carbonyl (C=O) groups excluding carboxylic acids is 2. The number of methoxy groups -OCH3 is 1. The minimum atomic E-state index is -0.0436. The lowest BCUT2D eigenvalue weighted by Gasteiger charge is -2.21. The third kappa shape index (κ3) is 6.59. The zero-order valence-electron chi connectivity index (χ0n) is 15.4. The van der Waals surface area contributed by atoms with E-state index in [0.717, 1.165) is 17.7 Å². The van der Waals surface area contributed by atoms with Crippen molar-refractivity contribution in [3.63, 3.8) is 0 Å². The molecule has 0 unspecified atom stereocenters. The van der Waals surface area contributed by atoms with Crippen LogP contribution in [0.25, 0.3) is 0 Å². The summed E-state index contributed by atoms with van der Waals surface area (Å²) in [5.74, 6) is 0.695. The Morgan fingerprint density at radius 2 is 1.69 bits per heavy atom. The largest absolute Gasteiger partial charge is 0.497 e. The fraction of sp³-hybridized carbons (Fsp3) is 0.333. The third-order valence-electron chi connectivity index (χ3n) is 4.17. The molecule has 0 saturated heterocycles. The summed E-state index contributed by atoms with van der Waals surface area (Å²) >= 11 is 0. The van der Waals surface area contributed by atoms with Crippen LogP contribution in [0.15, 0.2) is 54.6 Å². The second-order valence-corrected chi connectivity index (χ2v) is 6.12. The van der Waals surface area contributed by atoms with E-state index < -0.39 is 0 Å². The van der Waals surface area contributed by atoms with Crippen molar-refractivity contribution in [3.05, 3.63) is 65.7 Å². The van der Waals surface area contributed by atoms with E-state index in [1.165, 1.54) is 12.5 Å². The molecule has 138 valence electrons. The Morgan fingerprint density at radius 3 is 2.31 bits per heavy atom. The number of ether oxygens (including phenoxy) is 1. The molecular weight excluding hydrogens is 328 g/mol. The standard InChI is InChI=1S/C21H26N2O3/c1-17(24)23(16-19-8-10-20(26-2)11-9-19)15-13-21(25)22-14-12-18-6-4-3-5-7-18/h3-11H,12-16H2,1-2H3,(H,22,25). The van der Waals surface area contributed by atoms with Crippen LogP contribution in [0.3, 0.4) is 0 Å². The Morgan fingerprint density at radius 1 is 1.00 bits per heavy atom. The highest BCUT2D eigenvalue weighted by molar-refractivity contribution is 5.78. The van der Waals surface area contributed by atoms with Gasteiger partial charge < -0.3 is 15.0 Å². The molecule has 0 aromatic heterocycles. The predicted molar refractivity (Wildman–Crippen MR) is 102 cm³/mol. The summed E-state index contributed by atoms with van der Waals surface area (Å²) < 4.78 is 5.14. The Bertz CT molecular complexity index is 699. The van der Waals surface area contributed by atoms with Crippen molar-refractivity contribution in [2.45, 2.75) is 26.3 Å². The number of carbonyl (C=O) groups is 2. The first-order chi connectivity index (χ1) is 12.6. The molecule has 0 aliphatic rings. The van der Waals surface area contributed by atoms with Crippen molar-refractivity contribution in [2.24, 2.45) is 0 Å². The van der Waals surface area contributed by atoms with Crippen LogP contribution in [-0.2, 0) is 22.6 Å². The molecule has 0 fully saturated rings. The van der Waals surface area contributed by atoms with E-state index in [0.29, 0.717) is 26.1 Å². The summed E-state index contributed by atoms with van der Waals surface area (Å²) in [5, 5.41) is 2.91. The topological polar surface area (TPSA) is 58.6 Å². The van der Waals surface area contributed by atoms with Gasteiger partial charge in [-0.2, -0.15) is 0 Å². The number of amides is 2. The normalized spacial score (nSPS) is 10.2.